The smallest absolute Gasteiger partial charge is 0.0817 e. The lowest BCUT2D eigenvalue weighted by Crippen LogP contribution is -1.85. The van der Waals surface area contributed by atoms with Crippen LogP contribution < -0.4 is 5.73 Å². The highest BCUT2D eigenvalue weighted by molar-refractivity contribution is 6.12. The predicted octanol–water partition coefficient (Wildman–Crippen LogP) is 1.03. The molecule has 0 unspecified atom stereocenters. The van der Waals surface area contributed by atoms with Gasteiger partial charge in [0.25, 0.3) is 0 Å². The summed E-state index contributed by atoms with van der Waals surface area (Å²) >= 11 is 0. The van der Waals surface area contributed by atoms with Crippen molar-refractivity contribution in [3.8, 4) is 0 Å². The topological polar surface area (TPSA) is 38.4 Å². The van der Waals surface area contributed by atoms with E-state index in [0.29, 0.717) is 0 Å². The summed E-state index contributed by atoms with van der Waals surface area (Å²) < 4.78 is 0. The van der Waals surface area contributed by atoms with Gasteiger partial charge < -0.3 is 5.73 Å². The fourth-order valence-electron chi connectivity index (χ4n) is 0.663. The van der Waals surface area contributed by atoms with Crippen LogP contribution in [0.5, 0.6) is 0 Å². The first-order valence-corrected chi connectivity index (χ1v) is 3.13. The van der Waals surface area contributed by atoms with Crippen molar-refractivity contribution < 1.29 is 0 Å². The van der Waals surface area contributed by atoms with E-state index >= 15 is 0 Å². The molecular formula is C8H10N2. The molecule has 52 valence electrons. The highest BCUT2D eigenvalue weighted by Crippen LogP contribution is 2.09. The van der Waals surface area contributed by atoms with Gasteiger partial charge in [0.2, 0.25) is 0 Å². The van der Waals surface area contributed by atoms with Gasteiger partial charge in [0.15, 0.2) is 0 Å². The SMILES string of the molecule is C=C/C(=C\C=C/N)C1=NC1. The molecule has 10 heavy (non-hydrogen) atoms. The number of aliphatic imine (C=N–C) groups is 1. The average Bonchev–Trinajstić information content (AvgIpc) is 2.73. The molecule has 1 aliphatic rings. The Balaban J connectivity index is 2.62. The van der Waals surface area contributed by atoms with Crippen LogP contribution >= 0.6 is 0 Å². The zero-order valence-electron chi connectivity index (χ0n) is 5.75. The number of hydrogen-bond donors (Lipinski definition) is 1. The van der Waals surface area contributed by atoms with Crippen LogP contribution in [0.3, 0.4) is 0 Å². The number of nitrogens with two attached hydrogens (primary N) is 1. The molecule has 0 amide bonds. The molecule has 2 heteroatoms. The van der Waals surface area contributed by atoms with Crippen molar-refractivity contribution in [2.75, 3.05) is 6.54 Å². The van der Waals surface area contributed by atoms with Gasteiger partial charge in [-0.25, -0.2) is 0 Å². The number of hydrogen-bond acceptors (Lipinski definition) is 2. The third kappa shape index (κ3) is 1.58. The molecule has 0 aromatic carbocycles. The Hall–Kier alpha value is -1.31. The third-order valence-electron chi connectivity index (χ3n) is 1.26. The van der Waals surface area contributed by atoms with Crippen LogP contribution in [0.25, 0.3) is 0 Å². The third-order valence-corrected chi connectivity index (χ3v) is 1.26. The molecular weight excluding hydrogens is 124 g/mol. The Morgan fingerprint density at radius 2 is 2.40 bits per heavy atom. The van der Waals surface area contributed by atoms with Gasteiger partial charge in [-0.2, -0.15) is 0 Å². The van der Waals surface area contributed by atoms with Gasteiger partial charge in [-0.05, 0) is 17.8 Å². The van der Waals surface area contributed by atoms with Gasteiger partial charge in [0, 0.05) is 0 Å². The van der Waals surface area contributed by atoms with Crippen molar-refractivity contribution in [3.05, 3.63) is 36.6 Å². The fraction of sp³-hybridized carbons (Fsp3) is 0.125. The van der Waals surface area contributed by atoms with Gasteiger partial charge in [0.05, 0.1) is 12.3 Å². The first-order valence-electron chi connectivity index (χ1n) is 3.13. The molecule has 1 heterocycles. The zero-order chi connectivity index (χ0) is 7.40. The molecule has 0 saturated heterocycles. The van der Waals surface area contributed by atoms with Crippen LogP contribution in [0, 0.1) is 0 Å². The van der Waals surface area contributed by atoms with Crippen molar-refractivity contribution >= 4 is 5.71 Å². The second kappa shape index (κ2) is 3.01. The number of nitrogens with zero attached hydrogens (tertiary/aromatic N) is 1. The molecule has 0 atom stereocenters. The van der Waals surface area contributed by atoms with Gasteiger partial charge in [-0.3, -0.25) is 4.99 Å². The second-order valence-corrected chi connectivity index (χ2v) is 1.97. The Kier molecular flexibility index (Phi) is 2.05. The van der Waals surface area contributed by atoms with E-state index in [1.54, 1.807) is 12.2 Å². The fourth-order valence-corrected chi connectivity index (χ4v) is 0.663. The molecule has 0 bridgehead atoms. The van der Waals surface area contributed by atoms with Crippen molar-refractivity contribution in [1.82, 2.24) is 0 Å². The lowest BCUT2D eigenvalue weighted by molar-refractivity contribution is 1.57. The lowest BCUT2D eigenvalue weighted by atomic mass is 10.2. The predicted molar refractivity (Wildman–Crippen MR) is 43.9 cm³/mol. The van der Waals surface area contributed by atoms with E-state index in [2.05, 4.69) is 11.6 Å². The summed E-state index contributed by atoms with van der Waals surface area (Å²) in [6.07, 6.45) is 6.95. The minimum absolute atomic E-state index is 0.857. The molecule has 0 aromatic heterocycles. The van der Waals surface area contributed by atoms with E-state index in [4.69, 9.17) is 5.73 Å². The van der Waals surface area contributed by atoms with E-state index in [1.807, 2.05) is 6.08 Å². The highest BCUT2D eigenvalue weighted by atomic mass is 14.9. The lowest BCUT2D eigenvalue weighted by Gasteiger charge is -1.86. The van der Waals surface area contributed by atoms with Crippen molar-refractivity contribution in [2.24, 2.45) is 10.7 Å². The summed E-state index contributed by atoms with van der Waals surface area (Å²) in [5.41, 5.74) is 7.34. The molecule has 0 aromatic rings. The van der Waals surface area contributed by atoms with E-state index < -0.39 is 0 Å². The van der Waals surface area contributed by atoms with Crippen LogP contribution in [0.4, 0.5) is 0 Å². The van der Waals surface area contributed by atoms with Crippen LogP contribution in [-0.2, 0) is 0 Å². The van der Waals surface area contributed by atoms with Gasteiger partial charge in [0.1, 0.15) is 0 Å². The van der Waals surface area contributed by atoms with Crippen LogP contribution in [0.15, 0.2) is 41.6 Å². The van der Waals surface area contributed by atoms with E-state index in [-0.39, 0.29) is 0 Å². The number of allylic oxidation sites excluding steroid dienone is 3. The summed E-state index contributed by atoms with van der Waals surface area (Å²) in [7, 11) is 0. The second-order valence-electron chi connectivity index (χ2n) is 1.97. The molecule has 0 aliphatic carbocycles. The minimum Gasteiger partial charge on any atom is -0.405 e. The summed E-state index contributed by atoms with van der Waals surface area (Å²) in [5, 5.41) is 0. The normalized spacial score (nSPS) is 17.2. The Labute approximate surface area is 60.5 Å². The summed E-state index contributed by atoms with van der Waals surface area (Å²) in [4.78, 5) is 4.03. The van der Waals surface area contributed by atoms with Crippen LogP contribution in [0.2, 0.25) is 0 Å². The van der Waals surface area contributed by atoms with E-state index in [1.165, 1.54) is 6.20 Å². The van der Waals surface area contributed by atoms with Crippen LogP contribution in [0.1, 0.15) is 0 Å². The Bertz CT molecular complexity index is 221. The van der Waals surface area contributed by atoms with Crippen LogP contribution in [-0.4, -0.2) is 12.3 Å². The molecule has 1 aliphatic heterocycles. The van der Waals surface area contributed by atoms with Gasteiger partial charge in [-0.1, -0.05) is 18.7 Å². The maximum Gasteiger partial charge on any atom is 0.0817 e. The van der Waals surface area contributed by atoms with Crippen molar-refractivity contribution in [1.29, 1.82) is 0 Å². The first kappa shape index (κ1) is 6.81. The summed E-state index contributed by atoms with van der Waals surface area (Å²) in [6, 6.07) is 0. The maximum atomic E-state index is 5.15. The Morgan fingerprint density at radius 1 is 1.70 bits per heavy atom. The van der Waals surface area contributed by atoms with E-state index in [9.17, 15) is 0 Å². The molecule has 2 nitrogen and oxygen atoms in total. The highest BCUT2D eigenvalue weighted by Gasteiger charge is 2.11. The minimum atomic E-state index is 0.857. The van der Waals surface area contributed by atoms with Crippen molar-refractivity contribution in [2.45, 2.75) is 0 Å². The molecule has 0 spiro atoms. The monoisotopic (exact) mass is 134 g/mol. The van der Waals surface area contributed by atoms with Crippen molar-refractivity contribution in [3.63, 3.8) is 0 Å². The standard InChI is InChI=1S/C8H10N2/c1-2-7(4-3-5-9)8-6-10-8/h2-5H,1,6,9H2/b5-3-,7-4+. The maximum absolute atomic E-state index is 5.15. The molecule has 0 saturated carbocycles. The molecule has 2 N–H and O–H groups in total. The van der Waals surface area contributed by atoms with Gasteiger partial charge in [-0.15, -0.1) is 0 Å². The summed E-state index contributed by atoms with van der Waals surface area (Å²) in [5.74, 6) is 0. The Morgan fingerprint density at radius 3 is 2.80 bits per heavy atom. The molecule has 0 fully saturated rings. The largest absolute Gasteiger partial charge is 0.405 e. The first-order chi connectivity index (χ1) is 4.88. The van der Waals surface area contributed by atoms with E-state index in [0.717, 1.165) is 17.8 Å². The zero-order valence-corrected chi connectivity index (χ0v) is 5.75. The quantitative estimate of drug-likeness (QED) is 0.575. The molecule has 0 radical (unpaired) electrons. The van der Waals surface area contributed by atoms with Gasteiger partial charge >= 0.3 is 0 Å². The average molecular weight is 134 g/mol. The number of rotatable bonds is 3. The molecule has 1 rings (SSSR count). The summed E-state index contributed by atoms with van der Waals surface area (Å²) in [6.45, 7) is 4.51.